The van der Waals surface area contributed by atoms with E-state index in [1.807, 2.05) is 0 Å². The molecule has 9 heavy (non-hydrogen) atoms. The third kappa shape index (κ3) is 1.21. The highest BCUT2D eigenvalue weighted by Gasteiger charge is 2.33. The van der Waals surface area contributed by atoms with Crippen LogP contribution in [-0.4, -0.2) is 46.7 Å². The first-order valence-electron chi connectivity index (χ1n) is 2.96. The number of aliphatic hydroxyl groups is 3. The summed E-state index contributed by atoms with van der Waals surface area (Å²) < 4.78 is 0. The van der Waals surface area contributed by atoms with Gasteiger partial charge in [-0.1, -0.05) is 0 Å². The Morgan fingerprint density at radius 2 is 2.33 bits per heavy atom. The van der Waals surface area contributed by atoms with Gasteiger partial charge in [0.05, 0.1) is 24.9 Å². The molecular formula is C5H11NO3. The molecule has 1 aliphatic heterocycles. The summed E-state index contributed by atoms with van der Waals surface area (Å²) in [7, 11) is 0. The Morgan fingerprint density at radius 1 is 1.67 bits per heavy atom. The number of rotatable bonds is 2. The minimum atomic E-state index is -0.825. The van der Waals surface area contributed by atoms with Crippen molar-refractivity contribution < 1.29 is 15.3 Å². The van der Waals surface area contributed by atoms with Gasteiger partial charge in [-0.2, -0.15) is 0 Å². The molecule has 0 aromatic rings. The highest BCUT2D eigenvalue weighted by atomic mass is 16.3. The molecule has 0 radical (unpaired) electrons. The Kier molecular flexibility index (Phi) is 2.02. The molecule has 0 aromatic heterocycles. The van der Waals surface area contributed by atoms with Gasteiger partial charge in [0.2, 0.25) is 0 Å². The average molecular weight is 133 g/mol. The zero-order chi connectivity index (χ0) is 6.85. The normalized spacial score (nSPS) is 37.7. The van der Waals surface area contributed by atoms with E-state index in [-0.39, 0.29) is 12.6 Å². The van der Waals surface area contributed by atoms with E-state index in [0.29, 0.717) is 6.54 Å². The summed E-state index contributed by atoms with van der Waals surface area (Å²) in [4.78, 5) is 0. The zero-order valence-corrected chi connectivity index (χ0v) is 4.99. The van der Waals surface area contributed by atoms with Gasteiger partial charge in [0.15, 0.2) is 0 Å². The van der Waals surface area contributed by atoms with E-state index in [4.69, 9.17) is 15.3 Å². The largest absolute Gasteiger partial charge is 0.394 e. The first kappa shape index (κ1) is 6.95. The van der Waals surface area contributed by atoms with Crippen LogP contribution in [0.1, 0.15) is 0 Å². The maximum Gasteiger partial charge on any atom is 0.0949 e. The maximum absolute atomic E-state index is 8.88. The van der Waals surface area contributed by atoms with E-state index in [2.05, 4.69) is 5.32 Å². The minimum absolute atomic E-state index is 0.297. The van der Waals surface area contributed by atoms with Crippen LogP contribution in [0.3, 0.4) is 0 Å². The molecule has 0 unspecified atom stereocenters. The molecule has 1 heterocycles. The third-order valence-corrected chi connectivity index (χ3v) is 1.58. The molecule has 3 atom stereocenters. The fourth-order valence-corrected chi connectivity index (χ4v) is 0.865. The molecule has 0 amide bonds. The van der Waals surface area contributed by atoms with Gasteiger partial charge in [0, 0.05) is 6.54 Å². The lowest BCUT2D eigenvalue weighted by molar-refractivity contribution is -0.0345. The minimum Gasteiger partial charge on any atom is -0.394 e. The standard InChI is InChI=1S/C5H11NO3/c7-2-4(9)5-3(8)1-6-5/h3-9H,1-2H2/t3-,4+,5+/m0/s1. The van der Waals surface area contributed by atoms with Gasteiger partial charge < -0.3 is 20.6 Å². The van der Waals surface area contributed by atoms with Gasteiger partial charge in [-0.05, 0) is 0 Å². The van der Waals surface area contributed by atoms with Crippen molar-refractivity contribution >= 4 is 0 Å². The van der Waals surface area contributed by atoms with Crippen molar-refractivity contribution in [2.75, 3.05) is 13.2 Å². The van der Waals surface area contributed by atoms with Crippen LogP contribution in [0.15, 0.2) is 0 Å². The molecular weight excluding hydrogens is 122 g/mol. The zero-order valence-electron chi connectivity index (χ0n) is 4.99. The van der Waals surface area contributed by atoms with Crippen molar-refractivity contribution in [3.05, 3.63) is 0 Å². The first-order valence-corrected chi connectivity index (χ1v) is 2.96. The van der Waals surface area contributed by atoms with Gasteiger partial charge in [-0.15, -0.1) is 0 Å². The van der Waals surface area contributed by atoms with Crippen molar-refractivity contribution in [3.63, 3.8) is 0 Å². The monoisotopic (exact) mass is 133 g/mol. The summed E-state index contributed by atoms with van der Waals surface area (Å²) in [6.45, 7) is 0.219. The number of hydrogen-bond donors (Lipinski definition) is 4. The second kappa shape index (κ2) is 2.62. The Morgan fingerprint density at radius 3 is 2.44 bits per heavy atom. The summed E-state index contributed by atoms with van der Waals surface area (Å²) in [6.07, 6.45) is -1.32. The number of nitrogens with one attached hydrogen (secondary N) is 1. The van der Waals surface area contributed by atoms with E-state index >= 15 is 0 Å². The van der Waals surface area contributed by atoms with Gasteiger partial charge in [0.25, 0.3) is 0 Å². The van der Waals surface area contributed by atoms with Gasteiger partial charge in [-0.3, -0.25) is 0 Å². The molecule has 1 saturated heterocycles. The molecule has 1 fully saturated rings. The topological polar surface area (TPSA) is 72.7 Å². The lowest BCUT2D eigenvalue weighted by Gasteiger charge is -2.36. The summed E-state index contributed by atoms with van der Waals surface area (Å²) in [5.74, 6) is 0. The molecule has 4 heteroatoms. The summed E-state index contributed by atoms with van der Waals surface area (Å²) >= 11 is 0. The van der Waals surface area contributed by atoms with E-state index in [0.717, 1.165) is 0 Å². The van der Waals surface area contributed by atoms with Crippen molar-refractivity contribution in [2.45, 2.75) is 18.2 Å². The van der Waals surface area contributed by atoms with Crippen LogP contribution in [0, 0.1) is 0 Å². The second-order valence-corrected chi connectivity index (χ2v) is 2.25. The maximum atomic E-state index is 8.88. The van der Waals surface area contributed by atoms with Gasteiger partial charge in [0.1, 0.15) is 0 Å². The van der Waals surface area contributed by atoms with E-state index in [1.165, 1.54) is 0 Å². The third-order valence-electron chi connectivity index (χ3n) is 1.58. The van der Waals surface area contributed by atoms with Gasteiger partial charge in [-0.25, -0.2) is 0 Å². The molecule has 4 N–H and O–H groups in total. The Labute approximate surface area is 53.1 Å². The summed E-state index contributed by atoms with van der Waals surface area (Å²) in [6, 6.07) is -0.324. The van der Waals surface area contributed by atoms with Crippen LogP contribution in [-0.2, 0) is 0 Å². The number of β-amino-alcohol motifs (C(OH)–C–C–N with tert-alkyl or cyclic N) is 1. The predicted molar refractivity (Wildman–Crippen MR) is 30.9 cm³/mol. The average Bonchev–Trinajstić information content (AvgIpc) is 1.84. The van der Waals surface area contributed by atoms with Crippen molar-refractivity contribution in [3.8, 4) is 0 Å². The Bertz CT molecular complexity index is 98.2. The van der Waals surface area contributed by atoms with E-state index < -0.39 is 12.2 Å². The van der Waals surface area contributed by atoms with Crippen LogP contribution < -0.4 is 5.32 Å². The smallest absolute Gasteiger partial charge is 0.0949 e. The predicted octanol–water partition coefficient (Wildman–Crippen LogP) is -2.33. The van der Waals surface area contributed by atoms with Gasteiger partial charge >= 0.3 is 0 Å². The van der Waals surface area contributed by atoms with E-state index in [9.17, 15) is 0 Å². The summed E-state index contributed by atoms with van der Waals surface area (Å²) in [5.41, 5.74) is 0. The number of aliphatic hydroxyl groups excluding tert-OH is 3. The number of hydrogen-bond acceptors (Lipinski definition) is 4. The van der Waals surface area contributed by atoms with Crippen LogP contribution in [0.5, 0.6) is 0 Å². The first-order chi connectivity index (χ1) is 4.25. The molecule has 0 aromatic carbocycles. The summed E-state index contributed by atoms with van der Waals surface area (Å²) in [5, 5.41) is 28.9. The van der Waals surface area contributed by atoms with Crippen LogP contribution >= 0.6 is 0 Å². The molecule has 0 saturated carbocycles. The fraction of sp³-hybridized carbons (Fsp3) is 1.00. The Balaban J connectivity index is 2.25. The highest BCUT2D eigenvalue weighted by Crippen LogP contribution is 2.07. The van der Waals surface area contributed by atoms with Crippen molar-refractivity contribution in [2.24, 2.45) is 0 Å². The lowest BCUT2D eigenvalue weighted by Crippen LogP contribution is -2.63. The second-order valence-electron chi connectivity index (χ2n) is 2.25. The molecule has 0 aliphatic carbocycles. The Hall–Kier alpha value is -0.160. The molecule has 1 aliphatic rings. The molecule has 1 rings (SSSR count). The van der Waals surface area contributed by atoms with Crippen molar-refractivity contribution in [1.29, 1.82) is 0 Å². The fourth-order valence-electron chi connectivity index (χ4n) is 0.865. The van der Waals surface area contributed by atoms with E-state index in [1.54, 1.807) is 0 Å². The van der Waals surface area contributed by atoms with Crippen LogP contribution in [0.4, 0.5) is 0 Å². The SMILES string of the molecule is OC[C@@H](O)[C@@H]1NC[C@@H]1O. The molecule has 0 bridgehead atoms. The van der Waals surface area contributed by atoms with Crippen molar-refractivity contribution in [1.82, 2.24) is 5.32 Å². The molecule has 0 spiro atoms. The lowest BCUT2D eigenvalue weighted by atomic mass is 9.98. The molecule has 4 nitrogen and oxygen atoms in total. The molecule has 54 valence electrons. The van der Waals surface area contributed by atoms with Crippen LogP contribution in [0.25, 0.3) is 0 Å². The quantitative estimate of drug-likeness (QED) is 0.341. The van der Waals surface area contributed by atoms with Crippen LogP contribution in [0.2, 0.25) is 0 Å². The highest BCUT2D eigenvalue weighted by molar-refractivity contribution is 4.92.